The number of amides is 1. The van der Waals surface area contributed by atoms with E-state index in [0.717, 1.165) is 0 Å². The van der Waals surface area contributed by atoms with Gasteiger partial charge < -0.3 is 15.2 Å². The number of hydrogen-bond acceptors (Lipinski definition) is 3. The Balaban J connectivity index is 2.12. The van der Waals surface area contributed by atoms with Crippen LogP contribution in [0.2, 0.25) is 0 Å². The minimum Gasteiger partial charge on any atom is -0.481 e. The van der Waals surface area contributed by atoms with Crippen molar-refractivity contribution in [1.29, 1.82) is 0 Å². The van der Waals surface area contributed by atoms with Gasteiger partial charge >= 0.3 is 5.97 Å². The lowest BCUT2D eigenvalue weighted by atomic mass is 10.0. The van der Waals surface area contributed by atoms with Crippen LogP contribution in [0.3, 0.4) is 0 Å². The topological polar surface area (TPSA) is 75.6 Å². The van der Waals surface area contributed by atoms with Crippen LogP contribution in [0.5, 0.6) is 0 Å². The van der Waals surface area contributed by atoms with Gasteiger partial charge in [-0.25, -0.2) is 0 Å². The van der Waals surface area contributed by atoms with Gasteiger partial charge in [-0.2, -0.15) is 0 Å². The maximum Gasteiger partial charge on any atom is 0.306 e. The maximum absolute atomic E-state index is 11.8. The molecule has 2 N–H and O–H groups in total. The zero-order chi connectivity index (χ0) is 13.5. The summed E-state index contributed by atoms with van der Waals surface area (Å²) in [6, 6.07) is 0. The second-order valence-electron chi connectivity index (χ2n) is 5.30. The van der Waals surface area contributed by atoms with Crippen molar-refractivity contribution in [2.24, 2.45) is 17.8 Å². The molecule has 18 heavy (non-hydrogen) atoms. The van der Waals surface area contributed by atoms with Crippen LogP contribution in [0.25, 0.3) is 0 Å². The lowest BCUT2D eigenvalue weighted by Gasteiger charge is -2.11. The molecule has 1 aliphatic carbocycles. The highest BCUT2D eigenvalue weighted by Crippen LogP contribution is 2.30. The first kappa shape index (κ1) is 15.0. The molecule has 0 bridgehead atoms. The van der Waals surface area contributed by atoms with E-state index in [1.807, 2.05) is 0 Å². The van der Waals surface area contributed by atoms with Gasteiger partial charge in [0.25, 0.3) is 0 Å². The Bertz CT molecular complexity index is 291. The first-order valence-electron chi connectivity index (χ1n) is 6.59. The van der Waals surface area contributed by atoms with Crippen molar-refractivity contribution < 1.29 is 19.4 Å². The molecule has 0 spiro atoms. The Morgan fingerprint density at radius 1 is 1.33 bits per heavy atom. The van der Waals surface area contributed by atoms with Crippen LogP contribution in [-0.2, 0) is 14.3 Å². The SMILES string of the molecule is CC(C)COCCNC(=O)C1CCC(C(=O)O)C1. The first-order chi connectivity index (χ1) is 8.50. The lowest BCUT2D eigenvalue weighted by Crippen LogP contribution is -2.32. The average molecular weight is 257 g/mol. The molecule has 0 aromatic heterocycles. The van der Waals surface area contributed by atoms with Gasteiger partial charge in [-0.05, 0) is 25.2 Å². The molecule has 2 unspecified atom stereocenters. The monoisotopic (exact) mass is 257 g/mol. The third kappa shape index (κ3) is 5.04. The molecule has 1 rings (SSSR count). The van der Waals surface area contributed by atoms with Crippen LogP contribution in [-0.4, -0.2) is 36.7 Å². The van der Waals surface area contributed by atoms with Gasteiger partial charge in [0.15, 0.2) is 0 Å². The molecule has 0 saturated heterocycles. The molecule has 2 atom stereocenters. The molecule has 1 aliphatic rings. The Morgan fingerprint density at radius 2 is 2.00 bits per heavy atom. The number of hydrogen-bond donors (Lipinski definition) is 2. The molecular weight excluding hydrogens is 234 g/mol. The van der Waals surface area contributed by atoms with E-state index >= 15 is 0 Å². The fourth-order valence-electron chi connectivity index (χ4n) is 2.15. The molecular formula is C13H23NO4. The van der Waals surface area contributed by atoms with Gasteiger partial charge in [0, 0.05) is 19.1 Å². The summed E-state index contributed by atoms with van der Waals surface area (Å²) in [4.78, 5) is 22.5. The highest BCUT2D eigenvalue weighted by atomic mass is 16.5. The summed E-state index contributed by atoms with van der Waals surface area (Å²) in [5.41, 5.74) is 0. The lowest BCUT2D eigenvalue weighted by molar-refractivity contribution is -0.141. The van der Waals surface area contributed by atoms with Crippen molar-refractivity contribution >= 4 is 11.9 Å². The second-order valence-corrected chi connectivity index (χ2v) is 5.30. The van der Waals surface area contributed by atoms with E-state index in [1.165, 1.54) is 0 Å². The molecule has 5 heteroatoms. The van der Waals surface area contributed by atoms with Gasteiger partial charge in [-0.3, -0.25) is 9.59 Å². The van der Waals surface area contributed by atoms with Crippen LogP contribution in [0.1, 0.15) is 33.1 Å². The van der Waals surface area contributed by atoms with E-state index < -0.39 is 5.97 Å². The zero-order valence-corrected chi connectivity index (χ0v) is 11.1. The highest BCUT2D eigenvalue weighted by molar-refractivity contribution is 5.80. The Morgan fingerprint density at radius 3 is 2.56 bits per heavy atom. The predicted molar refractivity (Wildman–Crippen MR) is 67.1 cm³/mol. The zero-order valence-electron chi connectivity index (χ0n) is 11.1. The van der Waals surface area contributed by atoms with Gasteiger partial charge in [-0.1, -0.05) is 13.8 Å². The average Bonchev–Trinajstić information content (AvgIpc) is 2.77. The normalized spacial score (nSPS) is 23.3. The summed E-state index contributed by atoms with van der Waals surface area (Å²) in [5.74, 6) is -0.821. The number of nitrogens with one attached hydrogen (secondary N) is 1. The molecule has 104 valence electrons. The second kappa shape index (κ2) is 7.36. The quantitative estimate of drug-likeness (QED) is 0.674. The van der Waals surface area contributed by atoms with E-state index in [2.05, 4.69) is 19.2 Å². The van der Waals surface area contributed by atoms with E-state index in [0.29, 0.717) is 44.9 Å². The van der Waals surface area contributed by atoms with Crippen LogP contribution in [0.15, 0.2) is 0 Å². The summed E-state index contributed by atoms with van der Waals surface area (Å²) in [5, 5.41) is 11.7. The van der Waals surface area contributed by atoms with Crippen molar-refractivity contribution in [3.05, 3.63) is 0 Å². The standard InChI is InChI=1S/C13H23NO4/c1-9(2)8-18-6-5-14-12(15)10-3-4-11(7-10)13(16)17/h9-11H,3-8H2,1-2H3,(H,14,15)(H,16,17). The minimum atomic E-state index is -0.787. The van der Waals surface area contributed by atoms with Crippen molar-refractivity contribution in [3.63, 3.8) is 0 Å². The van der Waals surface area contributed by atoms with E-state index in [4.69, 9.17) is 9.84 Å². The molecule has 0 aromatic carbocycles. The van der Waals surface area contributed by atoms with Crippen molar-refractivity contribution in [3.8, 4) is 0 Å². The number of aliphatic carboxylic acids is 1. The van der Waals surface area contributed by atoms with Crippen LogP contribution in [0.4, 0.5) is 0 Å². The fraction of sp³-hybridized carbons (Fsp3) is 0.846. The number of rotatable bonds is 7. The highest BCUT2D eigenvalue weighted by Gasteiger charge is 2.33. The smallest absolute Gasteiger partial charge is 0.306 e. The minimum absolute atomic E-state index is 0.0353. The third-order valence-corrected chi connectivity index (χ3v) is 3.15. The Kier molecular flexibility index (Phi) is 6.12. The molecule has 0 aromatic rings. The molecule has 0 aliphatic heterocycles. The van der Waals surface area contributed by atoms with E-state index in [1.54, 1.807) is 0 Å². The summed E-state index contributed by atoms with van der Waals surface area (Å²) < 4.78 is 5.36. The van der Waals surface area contributed by atoms with Crippen LogP contribution < -0.4 is 5.32 Å². The van der Waals surface area contributed by atoms with Gasteiger partial charge in [0.2, 0.25) is 5.91 Å². The van der Waals surface area contributed by atoms with Gasteiger partial charge in [0.1, 0.15) is 0 Å². The van der Waals surface area contributed by atoms with Gasteiger partial charge in [-0.15, -0.1) is 0 Å². The summed E-state index contributed by atoms with van der Waals surface area (Å²) in [7, 11) is 0. The summed E-state index contributed by atoms with van der Waals surface area (Å²) >= 11 is 0. The maximum atomic E-state index is 11.8. The summed E-state index contributed by atoms with van der Waals surface area (Å²) in [6.07, 6.45) is 1.75. The van der Waals surface area contributed by atoms with Crippen LogP contribution in [0, 0.1) is 17.8 Å². The Labute approximate surface area is 108 Å². The number of carbonyl (C=O) groups excluding carboxylic acids is 1. The predicted octanol–water partition coefficient (Wildman–Crippen LogP) is 1.28. The van der Waals surface area contributed by atoms with E-state index in [-0.39, 0.29) is 17.7 Å². The fourth-order valence-corrected chi connectivity index (χ4v) is 2.15. The number of carbonyl (C=O) groups is 2. The first-order valence-corrected chi connectivity index (χ1v) is 6.59. The van der Waals surface area contributed by atoms with Crippen molar-refractivity contribution in [2.75, 3.05) is 19.8 Å². The van der Waals surface area contributed by atoms with Crippen LogP contribution >= 0.6 is 0 Å². The van der Waals surface area contributed by atoms with Crippen molar-refractivity contribution in [2.45, 2.75) is 33.1 Å². The molecule has 0 radical (unpaired) electrons. The number of carboxylic acid groups (broad SMARTS) is 1. The molecule has 1 fully saturated rings. The molecule has 1 saturated carbocycles. The van der Waals surface area contributed by atoms with Crippen molar-refractivity contribution in [1.82, 2.24) is 5.32 Å². The molecule has 1 amide bonds. The molecule has 0 heterocycles. The number of carboxylic acids is 1. The third-order valence-electron chi connectivity index (χ3n) is 3.15. The Hall–Kier alpha value is -1.10. The van der Waals surface area contributed by atoms with E-state index in [9.17, 15) is 9.59 Å². The molecule has 5 nitrogen and oxygen atoms in total. The largest absolute Gasteiger partial charge is 0.481 e. The van der Waals surface area contributed by atoms with Gasteiger partial charge in [0.05, 0.1) is 12.5 Å². The number of ether oxygens (including phenoxy) is 1. The summed E-state index contributed by atoms with van der Waals surface area (Å²) in [6.45, 7) is 5.85.